The summed E-state index contributed by atoms with van der Waals surface area (Å²) in [6, 6.07) is 0. The lowest BCUT2D eigenvalue weighted by Crippen LogP contribution is -2.32. The van der Waals surface area contributed by atoms with Crippen LogP contribution >= 0.6 is 0 Å². The molecule has 0 amide bonds. The molecule has 1 atom stereocenters. The Kier molecular flexibility index (Phi) is 3.59. The molecule has 19 heavy (non-hydrogen) atoms. The standard InChI is InChI=1S/C13H19N3O3/c1-4-19-11-9(2)10(14-8-15-11)16-6-5-13(3,7-16)12(17)18/h8H,4-7H2,1-3H3,(H,17,18). The average Bonchev–Trinajstić information content (AvgIpc) is 2.76. The second-order valence-corrected chi connectivity index (χ2v) is 5.10. The highest BCUT2D eigenvalue weighted by Crippen LogP contribution is 2.35. The fourth-order valence-electron chi connectivity index (χ4n) is 2.34. The molecule has 6 heteroatoms. The highest BCUT2D eigenvalue weighted by Gasteiger charge is 2.41. The Hall–Kier alpha value is -1.85. The van der Waals surface area contributed by atoms with Crippen LogP contribution in [0.4, 0.5) is 5.82 Å². The lowest BCUT2D eigenvalue weighted by Gasteiger charge is -2.22. The van der Waals surface area contributed by atoms with Gasteiger partial charge in [0.25, 0.3) is 0 Å². The summed E-state index contributed by atoms with van der Waals surface area (Å²) >= 11 is 0. The van der Waals surface area contributed by atoms with E-state index in [1.165, 1.54) is 6.33 Å². The third-order valence-electron chi connectivity index (χ3n) is 3.58. The molecular formula is C13H19N3O3. The third-order valence-corrected chi connectivity index (χ3v) is 3.58. The van der Waals surface area contributed by atoms with Gasteiger partial charge in [0.15, 0.2) is 0 Å². The van der Waals surface area contributed by atoms with Gasteiger partial charge in [0, 0.05) is 13.1 Å². The highest BCUT2D eigenvalue weighted by atomic mass is 16.5. The maximum Gasteiger partial charge on any atom is 0.311 e. The van der Waals surface area contributed by atoms with Gasteiger partial charge in [0.05, 0.1) is 17.6 Å². The second-order valence-electron chi connectivity index (χ2n) is 5.10. The van der Waals surface area contributed by atoms with Gasteiger partial charge in [-0.1, -0.05) is 0 Å². The van der Waals surface area contributed by atoms with E-state index in [4.69, 9.17) is 4.74 Å². The lowest BCUT2D eigenvalue weighted by molar-refractivity contribution is -0.146. The van der Waals surface area contributed by atoms with E-state index < -0.39 is 11.4 Å². The minimum absolute atomic E-state index is 0.464. The summed E-state index contributed by atoms with van der Waals surface area (Å²) in [5.41, 5.74) is 0.155. The molecule has 1 aromatic heterocycles. The predicted octanol–water partition coefficient (Wildman–Crippen LogP) is 1.48. The van der Waals surface area contributed by atoms with Crippen molar-refractivity contribution in [2.45, 2.75) is 27.2 Å². The van der Waals surface area contributed by atoms with Gasteiger partial charge in [-0.25, -0.2) is 9.97 Å². The van der Waals surface area contributed by atoms with Crippen LogP contribution in [0, 0.1) is 12.3 Å². The van der Waals surface area contributed by atoms with Crippen molar-refractivity contribution in [1.29, 1.82) is 0 Å². The van der Waals surface area contributed by atoms with E-state index in [9.17, 15) is 9.90 Å². The number of carboxylic acids is 1. The van der Waals surface area contributed by atoms with E-state index in [0.717, 1.165) is 11.4 Å². The SMILES string of the molecule is CCOc1ncnc(N2CCC(C)(C(=O)O)C2)c1C. The molecule has 6 nitrogen and oxygen atoms in total. The van der Waals surface area contributed by atoms with Crippen LogP contribution in [0.3, 0.4) is 0 Å². The molecule has 104 valence electrons. The Morgan fingerprint density at radius 2 is 2.32 bits per heavy atom. The molecule has 2 heterocycles. The molecule has 0 saturated carbocycles. The molecule has 1 fully saturated rings. The number of hydrogen-bond acceptors (Lipinski definition) is 5. The molecule has 2 rings (SSSR count). The Morgan fingerprint density at radius 1 is 1.58 bits per heavy atom. The first kappa shape index (κ1) is 13.6. The molecule has 1 saturated heterocycles. The zero-order valence-corrected chi connectivity index (χ0v) is 11.5. The maximum atomic E-state index is 11.3. The summed E-state index contributed by atoms with van der Waals surface area (Å²) in [7, 11) is 0. The number of rotatable bonds is 4. The number of nitrogens with zero attached hydrogens (tertiary/aromatic N) is 3. The van der Waals surface area contributed by atoms with Gasteiger partial charge < -0.3 is 14.7 Å². The van der Waals surface area contributed by atoms with Crippen LogP contribution in [0.2, 0.25) is 0 Å². The Balaban J connectivity index is 2.25. The van der Waals surface area contributed by atoms with E-state index in [1.807, 2.05) is 18.7 Å². The maximum absolute atomic E-state index is 11.3. The molecule has 1 aromatic rings. The normalized spacial score (nSPS) is 22.6. The lowest BCUT2D eigenvalue weighted by atomic mass is 9.90. The minimum Gasteiger partial charge on any atom is -0.481 e. The molecule has 0 aliphatic carbocycles. The monoisotopic (exact) mass is 265 g/mol. The Labute approximate surface area is 112 Å². The van der Waals surface area contributed by atoms with Gasteiger partial charge in [-0.2, -0.15) is 0 Å². The van der Waals surface area contributed by atoms with Crippen molar-refractivity contribution in [3.63, 3.8) is 0 Å². The van der Waals surface area contributed by atoms with E-state index >= 15 is 0 Å². The summed E-state index contributed by atoms with van der Waals surface area (Å²) in [6.45, 7) is 7.27. The van der Waals surface area contributed by atoms with Crippen LogP contribution in [0.5, 0.6) is 5.88 Å². The van der Waals surface area contributed by atoms with Gasteiger partial charge >= 0.3 is 5.97 Å². The largest absolute Gasteiger partial charge is 0.481 e. The second kappa shape index (κ2) is 5.03. The zero-order chi connectivity index (χ0) is 14.0. The van der Waals surface area contributed by atoms with Gasteiger partial charge in [0.1, 0.15) is 12.1 Å². The topological polar surface area (TPSA) is 75.6 Å². The number of anilines is 1. The van der Waals surface area contributed by atoms with Crippen LogP contribution in [-0.4, -0.2) is 40.7 Å². The Morgan fingerprint density at radius 3 is 2.89 bits per heavy atom. The minimum atomic E-state index is -0.758. The number of carboxylic acid groups (broad SMARTS) is 1. The van der Waals surface area contributed by atoms with Crippen molar-refractivity contribution in [3.05, 3.63) is 11.9 Å². The van der Waals surface area contributed by atoms with Crippen molar-refractivity contribution >= 4 is 11.8 Å². The van der Waals surface area contributed by atoms with Gasteiger partial charge in [-0.15, -0.1) is 0 Å². The summed E-state index contributed by atoms with van der Waals surface area (Å²) < 4.78 is 5.44. The van der Waals surface area contributed by atoms with Crippen LogP contribution in [0.15, 0.2) is 6.33 Å². The molecular weight excluding hydrogens is 246 g/mol. The van der Waals surface area contributed by atoms with E-state index in [-0.39, 0.29) is 0 Å². The molecule has 0 radical (unpaired) electrons. The van der Waals surface area contributed by atoms with Crippen molar-refractivity contribution in [3.8, 4) is 5.88 Å². The van der Waals surface area contributed by atoms with Gasteiger partial charge in [-0.05, 0) is 27.2 Å². The summed E-state index contributed by atoms with van der Waals surface area (Å²) in [5, 5.41) is 9.26. The summed E-state index contributed by atoms with van der Waals surface area (Å²) in [4.78, 5) is 21.6. The number of ether oxygens (including phenoxy) is 1. The van der Waals surface area contributed by atoms with Crippen LogP contribution in [-0.2, 0) is 4.79 Å². The van der Waals surface area contributed by atoms with E-state index in [2.05, 4.69) is 9.97 Å². The van der Waals surface area contributed by atoms with Gasteiger partial charge in [-0.3, -0.25) is 4.79 Å². The van der Waals surface area contributed by atoms with E-state index in [1.54, 1.807) is 6.92 Å². The number of aromatic nitrogens is 2. The van der Waals surface area contributed by atoms with Crippen LogP contribution in [0.25, 0.3) is 0 Å². The number of hydrogen-bond donors (Lipinski definition) is 1. The third kappa shape index (κ3) is 2.47. The number of carbonyl (C=O) groups is 1. The van der Waals surface area contributed by atoms with Gasteiger partial charge in [0.2, 0.25) is 5.88 Å². The molecule has 1 aliphatic heterocycles. The average molecular weight is 265 g/mol. The summed E-state index contributed by atoms with van der Waals surface area (Å²) in [6.07, 6.45) is 2.08. The molecule has 1 unspecified atom stereocenters. The first-order chi connectivity index (χ1) is 8.98. The van der Waals surface area contributed by atoms with Crippen molar-refractivity contribution in [1.82, 2.24) is 9.97 Å². The van der Waals surface area contributed by atoms with Crippen LogP contribution in [0.1, 0.15) is 25.8 Å². The highest BCUT2D eigenvalue weighted by molar-refractivity contribution is 5.76. The predicted molar refractivity (Wildman–Crippen MR) is 70.5 cm³/mol. The molecule has 0 spiro atoms. The van der Waals surface area contributed by atoms with E-state index in [0.29, 0.717) is 32.0 Å². The van der Waals surface area contributed by atoms with Crippen molar-refractivity contribution < 1.29 is 14.6 Å². The fourth-order valence-corrected chi connectivity index (χ4v) is 2.34. The number of aliphatic carboxylic acids is 1. The Bertz CT molecular complexity index is 492. The quantitative estimate of drug-likeness (QED) is 0.888. The first-order valence-corrected chi connectivity index (χ1v) is 6.40. The molecule has 0 aromatic carbocycles. The fraction of sp³-hybridized carbons (Fsp3) is 0.615. The molecule has 0 bridgehead atoms. The first-order valence-electron chi connectivity index (χ1n) is 6.40. The molecule has 1 N–H and O–H groups in total. The van der Waals surface area contributed by atoms with Crippen molar-refractivity contribution in [2.75, 3.05) is 24.6 Å². The smallest absolute Gasteiger partial charge is 0.311 e. The van der Waals surface area contributed by atoms with Crippen LogP contribution < -0.4 is 9.64 Å². The zero-order valence-electron chi connectivity index (χ0n) is 11.5. The van der Waals surface area contributed by atoms with Crippen molar-refractivity contribution in [2.24, 2.45) is 5.41 Å². The molecule has 1 aliphatic rings. The summed E-state index contributed by atoms with van der Waals surface area (Å²) in [5.74, 6) is 0.576.